The Morgan fingerprint density at radius 1 is 1.12 bits per heavy atom. The molecule has 0 aliphatic carbocycles. The van der Waals surface area contributed by atoms with Crippen molar-refractivity contribution in [2.45, 2.75) is 13.0 Å². The minimum Gasteiger partial charge on any atom is -0.355 e. The SMILES string of the molecule is CC(NC(=O)c1cnoc1-c1ccc(F)c(F)c1)c1ccccc1. The molecule has 0 radical (unpaired) electrons. The van der Waals surface area contributed by atoms with Crippen LogP contribution in [-0.4, -0.2) is 11.1 Å². The lowest BCUT2D eigenvalue weighted by Gasteiger charge is -2.13. The first-order chi connectivity index (χ1) is 11.6. The summed E-state index contributed by atoms with van der Waals surface area (Å²) < 4.78 is 31.5. The van der Waals surface area contributed by atoms with E-state index in [1.807, 2.05) is 37.3 Å². The quantitative estimate of drug-likeness (QED) is 0.784. The smallest absolute Gasteiger partial charge is 0.257 e. The second-order valence-electron chi connectivity index (χ2n) is 5.30. The van der Waals surface area contributed by atoms with Gasteiger partial charge in [0.05, 0.1) is 12.2 Å². The van der Waals surface area contributed by atoms with E-state index in [0.717, 1.165) is 17.7 Å². The van der Waals surface area contributed by atoms with Crippen LogP contribution in [0.3, 0.4) is 0 Å². The van der Waals surface area contributed by atoms with E-state index in [1.54, 1.807) is 0 Å². The Balaban J connectivity index is 1.84. The zero-order valence-corrected chi connectivity index (χ0v) is 12.8. The molecule has 122 valence electrons. The lowest BCUT2D eigenvalue weighted by atomic mass is 10.1. The molecule has 3 aromatic rings. The molecule has 0 spiro atoms. The van der Waals surface area contributed by atoms with Crippen molar-refractivity contribution in [1.82, 2.24) is 10.5 Å². The number of carbonyl (C=O) groups excluding carboxylic acids is 1. The standard InChI is InChI=1S/C18H14F2N2O2/c1-11(12-5-3-2-4-6-12)22-18(23)14-10-21-24-17(14)13-7-8-15(19)16(20)9-13/h2-11H,1H3,(H,22,23). The normalized spacial score (nSPS) is 12.0. The molecule has 0 aliphatic heterocycles. The first-order valence-corrected chi connectivity index (χ1v) is 7.32. The maximum absolute atomic E-state index is 13.4. The fourth-order valence-corrected chi connectivity index (χ4v) is 2.35. The number of aromatic nitrogens is 1. The van der Waals surface area contributed by atoms with Gasteiger partial charge in [-0.2, -0.15) is 0 Å². The van der Waals surface area contributed by atoms with Gasteiger partial charge in [0.25, 0.3) is 5.91 Å². The third kappa shape index (κ3) is 3.17. The van der Waals surface area contributed by atoms with Gasteiger partial charge >= 0.3 is 0 Å². The second kappa shape index (κ2) is 6.62. The number of halogens is 2. The molecular formula is C18H14F2N2O2. The van der Waals surface area contributed by atoms with Crippen molar-refractivity contribution in [2.75, 3.05) is 0 Å². The largest absolute Gasteiger partial charge is 0.355 e. The van der Waals surface area contributed by atoms with E-state index >= 15 is 0 Å². The van der Waals surface area contributed by atoms with Crippen molar-refractivity contribution < 1.29 is 18.1 Å². The molecule has 2 aromatic carbocycles. The summed E-state index contributed by atoms with van der Waals surface area (Å²) in [6.45, 7) is 1.85. The fraction of sp³-hybridized carbons (Fsp3) is 0.111. The number of benzene rings is 2. The third-order valence-electron chi connectivity index (χ3n) is 3.64. The van der Waals surface area contributed by atoms with E-state index in [9.17, 15) is 13.6 Å². The van der Waals surface area contributed by atoms with Crippen molar-refractivity contribution in [2.24, 2.45) is 0 Å². The van der Waals surface area contributed by atoms with Gasteiger partial charge in [-0.3, -0.25) is 4.79 Å². The summed E-state index contributed by atoms with van der Waals surface area (Å²) in [5.41, 5.74) is 1.34. The van der Waals surface area contributed by atoms with E-state index < -0.39 is 17.5 Å². The number of nitrogens with one attached hydrogen (secondary N) is 1. The number of rotatable bonds is 4. The van der Waals surface area contributed by atoms with Crippen molar-refractivity contribution >= 4 is 5.91 Å². The van der Waals surface area contributed by atoms with Gasteiger partial charge in [0.2, 0.25) is 0 Å². The molecule has 24 heavy (non-hydrogen) atoms. The van der Waals surface area contributed by atoms with Crippen molar-refractivity contribution in [3.63, 3.8) is 0 Å². The van der Waals surface area contributed by atoms with Crippen LogP contribution in [0.4, 0.5) is 8.78 Å². The highest BCUT2D eigenvalue weighted by Crippen LogP contribution is 2.25. The molecule has 0 fully saturated rings. The van der Waals surface area contributed by atoms with Crippen LogP contribution in [0.5, 0.6) is 0 Å². The van der Waals surface area contributed by atoms with Gasteiger partial charge in [-0.25, -0.2) is 8.78 Å². The lowest BCUT2D eigenvalue weighted by Crippen LogP contribution is -2.26. The van der Waals surface area contributed by atoms with Gasteiger partial charge < -0.3 is 9.84 Å². The monoisotopic (exact) mass is 328 g/mol. The van der Waals surface area contributed by atoms with E-state index in [2.05, 4.69) is 10.5 Å². The summed E-state index contributed by atoms with van der Waals surface area (Å²) in [6.07, 6.45) is 1.25. The van der Waals surface area contributed by atoms with E-state index in [0.29, 0.717) is 0 Å². The minimum atomic E-state index is -1.02. The van der Waals surface area contributed by atoms with Gasteiger partial charge in [-0.05, 0) is 30.7 Å². The zero-order valence-electron chi connectivity index (χ0n) is 12.8. The first kappa shape index (κ1) is 15.9. The maximum Gasteiger partial charge on any atom is 0.257 e. The highest BCUT2D eigenvalue weighted by atomic mass is 19.2. The number of amides is 1. The Labute approximate surface area is 137 Å². The summed E-state index contributed by atoms with van der Waals surface area (Å²) in [5.74, 6) is -2.31. The summed E-state index contributed by atoms with van der Waals surface area (Å²) >= 11 is 0. The number of carbonyl (C=O) groups is 1. The molecule has 1 unspecified atom stereocenters. The minimum absolute atomic E-state index is 0.0895. The predicted octanol–water partition coefficient (Wildman–Crippen LogP) is 4.11. The van der Waals surface area contributed by atoms with Gasteiger partial charge in [-0.1, -0.05) is 35.5 Å². The molecule has 1 aromatic heterocycles. The molecule has 1 heterocycles. The van der Waals surface area contributed by atoms with Gasteiger partial charge in [0.1, 0.15) is 5.56 Å². The van der Waals surface area contributed by atoms with Crippen LogP contribution in [0.25, 0.3) is 11.3 Å². The highest BCUT2D eigenvalue weighted by Gasteiger charge is 2.20. The first-order valence-electron chi connectivity index (χ1n) is 7.32. The van der Waals surface area contributed by atoms with Crippen molar-refractivity contribution in [3.05, 3.63) is 77.5 Å². The van der Waals surface area contributed by atoms with Crippen molar-refractivity contribution in [3.8, 4) is 11.3 Å². The number of hydrogen-bond acceptors (Lipinski definition) is 3. The van der Waals surface area contributed by atoms with E-state index in [4.69, 9.17) is 4.52 Å². The van der Waals surface area contributed by atoms with Crippen LogP contribution in [0, 0.1) is 11.6 Å². The molecule has 1 N–H and O–H groups in total. The molecular weight excluding hydrogens is 314 g/mol. The lowest BCUT2D eigenvalue weighted by molar-refractivity contribution is 0.0940. The van der Waals surface area contributed by atoms with Crippen LogP contribution in [0.15, 0.2) is 59.3 Å². The highest BCUT2D eigenvalue weighted by molar-refractivity contribution is 5.99. The van der Waals surface area contributed by atoms with Crippen LogP contribution in [0.2, 0.25) is 0 Å². The number of nitrogens with zero attached hydrogens (tertiary/aromatic N) is 1. The molecule has 0 saturated heterocycles. The second-order valence-corrected chi connectivity index (χ2v) is 5.30. The van der Waals surface area contributed by atoms with Gasteiger partial charge in [0.15, 0.2) is 17.4 Å². The molecule has 6 heteroatoms. The van der Waals surface area contributed by atoms with E-state index in [1.165, 1.54) is 12.3 Å². The Hall–Kier alpha value is -3.02. The fourth-order valence-electron chi connectivity index (χ4n) is 2.35. The topological polar surface area (TPSA) is 55.1 Å². The molecule has 3 rings (SSSR count). The summed E-state index contributed by atoms with van der Waals surface area (Å²) in [6, 6.07) is 12.5. The molecule has 0 aliphatic rings. The Morgan fingerprint density at radius 3 is 2.58 bits per heavy atom. The maximum atomic E-state index is 13.4. The summed E-state index contributed by atoms with van der Waals surface area (Å²) in [7, 11) is 0. The summed E-state index contributed by atoms with van der Waals surface area (Å²) in [5, 5.41) is 6.43. The van der Waals surface area contributed by atoms with Crippen molar-refractivity contribution in [1.29, 1.82) is 0 Å². The molecule has 0 bridgehead atoms. The van der Waals surface area contributed by atoms with E-state index in [-0.39, 0.29) is 22.9 Å². The Morgan fingerprint density at radius 2 is 1.88 bits per heavy atom. The Kier molecular flexibility index (Phi) is 4.37. The third-order valence-corrected chi connectivity index (χ3v) is 3.64. The van der Waals surface area contributed by atoms with Crippen LogP contribution in [-0.2, 0) is 0 Å². The van der Waals surface area contributed by atoms with Gasteiger partial charge in [0, 0.05) is 5.56 Å². The number of hydrogen-bond donors (Lipinski definition) is 1. The zero-order chi connectivity index (χ0) is 17.1. The average Bonchev–Trinajstić information content (AvgIpc) is 3.08. The van der Waals surface area contributed by atoms with Gasteiger partial charge in [-0.15, -0.1) is 0 Å². The molecule has 1 amide bonds. The average molecular weight is 328 g/mol. The molecule has 0 saturated carbocycles. The van der Waals surface area contributed by atoms with Crippen LogP contribution in [0.1, 0.15) is 28.9 Å². The Bertz CT molecular complexity index is 862. The van der Waals surface area contributed by atoms with Crippen LogP contribution < -0.4 is 5.32 Å². The molecule has 4 nitrogen and oxygen atoms in total. The predicted molar refractivity (Wildman–Crippen MR) is 84.2 cm³/mol. The van der Waals surface area contributed by atoms with Crippen LogP contribution >= 0.6 is 0 Å². The molecule has 1 atom stereocenters. The summed E-state index contributed by atoms with van der Waals surface area (Å²) in [4.78, 5) is 12.5.